The normalized spacial score (nSPS) is 10.5. The van der Waals surface area contributed by atoms with Gasteiger partial charge in [0.05, 0.1) is 5.69 Å². The lowest BCUT2D eigenvalue weighted by Crippen LogP contribution is -2.15. The first-order valence-electron chi connectivity index (χ1n) is 5.45. The molecule has 0 amide bonds. The van der Waals surface area contributed by atoms with Crippen LogP contribution in [0.5, 0.6) is 0 Å². The molecule has 4 heteroatoms. The van der Waals surface area contributed by atoms with Crippen LogP contribution < -0.4 is 5.56 Å². The van der Waals surface area contributed by atoms with Gasteiger partial charge >= 0.3 is 0 Å². The number of aromatic nitrogens is 2. The van der Waals surface area contributed by atoms with Crippen LogP contribution in [0.25, 0.3) is 0 Å². The van der Waals surface area contributed by atoms with E-state index in [-0.39, 0.29) is 5.56 Å². The monoisotopic (exact) mass is 248 g/mol. The summed E-state index contributed by atoms with van der Waals surface area (Å²) in [5, 5.41) is 7.07. The Morgan fingerprint density at radius 2 is 1.94 bits per heavy atom. The summed E-state index contributed by atoms with van der Waals surface area (Å²) < 4.78 is 0. The first-order valence-corrected chi connectivity index (χ1v) is 5.82. The molecule has 0 bridgehead atoms. The van der Waals surface area contributed by atoms with Crippen LogP contribution in [0.3, 0.4) is 0 Å². The van der Waals surface area contributed by atoms with Gasteiger partial charge in [0.1, 0.15) is 0 Å². The van der Waals surface area contributed by atoms with Gasteiger partial charge in [-0.1, -0.05) is 23.7 Å². The smallest absolute Gasteiger partial charge is 0.267 e. The van der Waals surface area contributed by atoms with Crippen molar-refractivity contribution in [1.82, 2.24) is 10.2 Å². The van der Waals surface area contributed by atoms with E-state index in [0.717, 1.165) is 22.7 Å². The van der Waals surface area contributed by atoms with Crippen LogP contribution in [0.2, 0.25) is 5.02 Å². The van der Waals surface area contributed by atoms with E-state index in [4.69, 9.17) is 11.6 Å². The maximum absolute atomic E-state index is 11.5. The molecule has 88 valence electrons. The van der Waals surface area contributed by atoms with E-state index < -0.39 is 0 Å². The second-order valence-electron chi connectivity index (χ2n) is 3.99. The fourth-order valence-corrected chi connectivity index (χ4v) is 1.80. The molecule has 0 aliphatic carbocycles. The molecule has 0 saturated carbocycles. The van der Waals surface area contributed by atoms with E-state index in [1.807, 2.05) is 37.3 Å². The van der Waals surface area contributed by atoms with Crippen LogP contribution in [0, 0.1) is 6.92 Å². The summed E-state index contributed by atoms with van der Waals surface area (Å²) >= 11 is 5.81. The van der Waals surface area contributed by atoms with Gasteiger partial charge in [-0.25, -0.2) is 5.10 Å². The van der Waals surface area contributed by atoms with Crippen molar-refractivity contribution in [2.75, 3.05) is 0 Å². The minimum absolute atomic E-state index is 0.107. The third-order valence-corrected chi connectivity index (χ3v) is 2.86. The minimum Gasteiger partial charge on any atom is -0.268 e. The van der Waals surface area contributed by atoms with Crippen molar-refractivity contribution in [3.8, 4) is 0 Å². The fraction of sp³-hybridized carbons (Fsp3) is 0.231. The van der Waals surface area contributed by atoms with Crippen LogP contribution in [0.1, 0.15) is 16.8 Å². The third-order valence-electron chi connectivity index (χ3n) is 2.60. The van der Waals surface area contributed by atoms with Crippen LogP contribution in [-0.4, -0.2) is 10.2 Å². The van der Waals surface area contributed by atoms with E-state index >= 15 is 0 Å². The van der Waals surface area contributed by atoms with Gasteiger partial charge in [-0.2, -0.15) is 5.10 Å². The zero-order valence-corrected chi connectivity index (χ0v) is 10.3. The van der Waals surface area contributed by atoms with Gasteiger partial charge in [0, 0.05) is 10.6 Å². The summed E-state index contributed by atoms with van der Waals surface area (Å²) in [5.74, 6) is 0. The SMILES string of the molecule is Cc1cc(CCc2ccc(Cl)cc2)c(=O)[nH]n1. The van der Waals surface area contributed by atoms with Crippen LogP contribution in [0.4, 0.5) is 0 Å². The number of nitrogens with zero attached hydrogens (tertiary/aromatic N) is 1. The fourth-order valence-electron chi connectivity index (χ4n) is 1.68. The van der Waals surface area contributed by atoms with Gasteiger partial charge in [0.15, 0.2) is 0 Å². The molecule has 0 spiro atoms. The molecule has 1 aromatic heterocycles. The molecule has 0 saturated heterocycles. The third kappa shape index (κ3) is 3.17. The number of aryl methyl sites for hydroxylation is 3. The molecular weight excluding hydrogens is 236 g/mol. The Morgan fingerprint density at radius 3 is 2.65 bits per heavy atom. The summed E-state index contributed by atoms with van der Waals surface area (Å²) in [6.07, 6.45) is 1.53. The second kappa shape index (κ2) is 5.15. The van der Waals surface area contributed by atoms with Crippen molar-refractivity contribution in [3.63, 3.8) is 0 Å². The standard InChI is InChI=1S/C13H13ClN2O/c1-9-8-11(13(17)16-15-9)5-2-10-3-6-12(14)7-4-10/h3-4,6-8H,2,5H2,1H3,(H,16,17). The van der Waals surface area contributed by atoms with Crippen molar-refractivity contribution >= 4 is 11.6 Å². The van der Waals surface area contributed by atoms with Gasteiger partial charge in [0.25, 0.3) is 5.56 Å². The summed E-state index contributed by atoms with van der Waals surface area (Å²) in [4.78, 5) is 11.5. The highest BCUT2D eigenvalue weighted by molar-refractivity contribution is 6.30. The number of rotatable bonds is 3. The van der Waals surface area contributed by atoms with E-state index in [1.165, 1.54) is 5.56 Å². The molecule has 1 N–H and O–H groups in total. The molecule has 2 rings (SSSR count). The Bertz CT molecular complexity index is 560. The molecular formula is C13H13ClN2O. The predicted molar refractivity (Wildman–Crippen MR) is 68.5 cm³/mol. The zero-order chi connectivity index (χ0) is 12.3. The maximum atomic E-state index is 11.5. The summed E-state index contributed by atoms with van der Waals surface area (Å²) in [5.41, 5.74) is 2.66. The highest BCUT2D eigenvalue weighted by atomic mass is 35.5. The number of nitrogens with one attached hydrogen (secondary N) is 1. The number of H-pyrrole nitrogens is 1. The Morgan fingerprint density at radius 1 is 1.24 bits per heavy atom. The first-order chi connectivity index (χ1) is 8.15. The predicted octanol–water partition coefficient (Wildman–Crippen LogP) is 2.52. The lowest BCUT2D eigenvalue weighted by atomic mass is 10.1. The highest BCUT2D eigenvalue weighted by Crippen LogP contribution is 2.11. The average Bonchev–Trinajstić information content (AvgIpc) is 2.32. The Hall–Kier alpha value is -1.61. The number of benzene rings is 1. The Balaban J connectivity index is 2.09. The Labute approximate surface area is 104 Å². The van der Waals surface area contributed by atoms with Crippen molar-refractivity contribution in [2.24, 2.45) is 0 Å². The zero-order valence-electron chi connectivity index (χ0n) is 9.53. The second-order valence-corrected chi connectivity index (χ2v) is 4.43. The topological polar surface area (TPSA) is 45.8 Å². The molecule has 0 unspecified atom stereocenters. The average molecular weight is 249 g/mol. The number of aromatic amines is 1. The quantitative estimate of drug-likeness (QED) is 0.907. The highest BCUT2D eigenvalue weighted by Gasteiger charge is 2.02. The molecule has 17 heavy (non-hydrogen) atoms. The van der Waals surface area contributed by atoms with Gasteiger partial charge in [-0.3, -0.25) is 4.79 Å². The van der Waals surface area contributed by atoms with Gasteiger partial charge in [-0.05, 0) is 43.5 Å². The van der Waals surface area contributed by atoms with Crippen LogP contribution in [-0.2, 0) is 12.8 Å². The molecule has 3 nitrogen and oxygen atoms in total. The Kier molecular flexibility index (Phi) is 3.59. The van der Waals surface area contributed by atoms with Crippen molar-refractivity contribution < 1.29 is 0 Å². The lowest BCUT2D eigenvalue weighted by molar-refractivity contribution is 0.870. The van der Waals surface area contributed by atoms with Gasteiger partial charge in [0.2, 0.25) is 0 Å². The van der Waals surface area contributed by atoms with Gasteiger partial charge in [-0.15, -0.1) is 0 Å². The molecule has 1 aromatic carbocycles. The summed E-state index contributed by atoms with van der Waals surface area (Å²) in [6.45, 7) is 1.86. The molecule has 0 aliphatic rings. The summed E-state index contributed by atoms with van der Waals surface area (Å²) in [6, 6.07) is 9.50. The van der Waals surface area contributed by atoms with Crippen molar-refractivity contribution in [1.29, 1.82) is 0 Å². The van der Waals surface area contributed by atoms with Gasteiger partial charge < -0.3 is 0 Å². The first kappa shape index (κ1) is 11.9. The van der Waals surface area contributed by atoms with Crippen molar-refractivity contribution in [3.05, 3.63) is 62.5 Å². The number of halogens is 1. The van der Waals surface area contributed by atoms with E-state index in [1.54, 1.807) is 0 Å². The van der Waals surface area contributed by atoms with Crippen LogP contribution >= 0.6 is 11.6 Å². The molecule has 1 heterocycles. The van der Waals surface area contributed by atoms with Crippen molar-refractivity contribution in [2.45, 2.75) is 19.8 Å². The molecule has 2 aromatic rings. The number of hydrogen-bond donors (Lipinski definition) is 1. The van der Waals surface area contributed by atoms with Crippen LogP contribution in [0.15, 0.2) is 35.1 Å². The minimum atomic E-state index is -0.107. The lowest BCUT2D eigenvalue weighted by Gasteiger charge is -2.02. The van der Waals surface area contributed by atoms with E-state index in [2.05, 4.69) is 10.2 Å². The van der Waals surface area contributed by atoms with E-state index in [0.29, 0.717) is 6.42 Å². The molecule has 0 radical (unpaired) electrons. The molecule has 0 fully saturated rings. The summed E-state index contributed by atoms with van der Waals surface area (Å²) in [7, 11) is 0. The van der Waals surface area contributed by atoms with E-state index in [9.17, 15) is 4.79 Å². The molecule has 0 atom stereocenters. The maximum Gasteiger partial charge on any atom is 0.267 e. The number of hydrogen-bond acceptors (Lipinski definition) is 2. The molecule has 0 aliphatic heterocycles. The largest absolute Gasteiger partial charge is 0.268 e.